The third kappa shape index (κ3) is 5.81. The highest BCUT2D eigenvalue weighted by Gasteiger charge is 2.33. The number of anilines is 1. The van der Waals surface area contributed by atoms with Gasteiger partial charge < -0.3 is 15.1 Å². The maximum Gasteiger partial charge on any atom is 0.285 e. The topological polar surface area (TPSA) is 53.9 Å². The predicted octanol–water partition coefficient (Wildman–Crippen LogP) is 2.40. The third-order valence-electron chi connectivity index (χ3n) is 4.52. The third-order valence-corrected chi connectivity index (χ3v) is 4.77. The summed E-state index contributed by atoms with van der Waals surface area (Å²) in [6.45, 7) is 5.39. The van der Waals surface area contributed by atoms with Crippen molar-refractivity contribution in [2.45, 2.75) is 19.9 Å². The van der Waals surface area contributed by atoms with Gasteiger partial charge in [0.2, 0.25) is 0 Å². The first-order valence-corrected chi connectivity index (χ1v) is 9.55. The Hall–Kier alpha value is -2.37. The molecule has 0 aliphatic carbocycles. The van der Waals surface area contributed by atoms with Crippen LogP contribution in [0.5, 0.6) is 0 Å². The first kappa shape index (κ1) is 20.9. The number of benzene rings is 2. The molecule has 0 bridgehead atoms. The summed E-state index contributed by atoms with van der Waals surface area (Å²) < 4.78 is 0. The molecular weight excluding hydrogens is 362 g/mol. The Bertz CT molecular complexity index is 746. The lowest BCUT2D eigenvalue weighted by Crippen LogP contribution is -3.11. The fourth-order valence-corrected chi connectivity index (χ4v) is 3.22. The van der Waals surface area contributed by atoms with E-state index in [1.54, 1.807) is 29.2 Å². The van der Waals surface area contributed by atoms with Crippen molar-refractivity contribution < 1.29 is 14.5 Å². The second-order valence-electron chi connectivity index (χ2n) is 6.43. The summed E-state index contributed by atoms with van der Waals surface area (Å²) in [5, 5.41) is 3.47. The molecule has 2 atom stereocenters. The lowest BCUT2D eigenvalue weighted by molar-refractivity contribution is -0.894. The molecule has 144 valence electrons. The second-order valence-corrected chi connectivity index (χ2v) is 6.87. The van der Waals surface area contributed by atoms with Gasteiger partial charge in [-0.2, -0.15) is 0 Å². The summed E-state index contributed by atoms with van der Waals surface area (Å²) in [7, 11) is 1.88. The number of rotatable bonds is 8. The molecule has 1 unspecified atom stereocenters. The molecule has 0 fully saturated rings. The Kier molecular flexibility index (Phi) is 7.82. The van der Waals surface area contributed by atoms with Crippen LogP contribution in [0.1, 0.15) is 25.5 Å². The molecule has 2 rings (SSSR count). The van der Waals surface area contributed by atoms with Crippen LogP contribution in [0.2, 0.25) is 5.02 Å². The van der Waals surface area contributed by atoms with Crippen LogP contribution in [0.25, 0.3) is 0 Å². The van der Waals surface area contributed by atoms with Gasteiger partial charge in [-0.3, -0.25) is 9.59 Å². The maximum atomic E-state index is 13.1. The Morgan fingerprint density at radius 2 is 1.63 bits per heavy atom. The second kappa shape index (κ2) is 10.1. The van der Waals surface area contributed by atoms with Gasteiger partial charge in [0.15, 0.2) is 12.6 Å². The largest absolute Gasteiger partial charge is 0.338 e. The normalized spacial score (nSPS) is 12.9. The van der Waals surface area contributed by atoms with E-state index in [-0.39, 0.29) is 18.4 Å². The molecule has 0 saturated heterocycles. The van der Waals surface area contributed by atoms with Crippen molar-refractivity contribution in [3.05, 3.63) is 65.2 Å². The van der Waals surface area contributed by atoms with Crippen molar-refractivity contribution >= 4 is 29.1 Å². The van der Waals surface area contributed by atoms with Gasteiger partial charge in [0, 0.05) is 29.4 Å². The molecule has 0 radical (unpaired) electrons. The minimum Gasteiger partial charge on any atom is -0.338 e. The van der Waals surface area contributed by atoms with Crippen molar-refractivity contribution in [3.63, 3.8) is 0 Å². The fraction of sp³-hybridized carbons (Fsp3) is 0.333. The van der Waals surface area contributed by atoms with Crippen molar-refractivity contribution in [2.24, 2.45) is 0 Å². The zero-order valence-electron chi connectivity index (χ0n) is 16.0. The molecule has 5 nitrogen and oxygen atoms in total. The van der Waals surface area contributed by atoms with Crippen LogP contribution in [0.4, 0.5) is 5.69 Å². The van der Waals surface area contributed by atoms with Crippen LogP contribution < -0.4 is 10.2 Å². The fourth-order valence-electron chi connectivity index (χ4n) is 3.09. The number of likely N-dealkylation sites (N-methyl/N-ethyl adjacent to an activating group) is 2. The average Bonchev–Trinajstić information content (AvgIpc) is 2.65. The highest BCUT2D eigenvalue weighted by Crippen LogP contribution is 2.14. The zero-order chi connectivity index (χ0) is 19.8. The quantitative estimate of drug-likeness (QED) is 0.729. The number of nitrogens with one attached hydrogen (secondary N) is 2. The monoisotopic (exact) mass is 388 g/mol. The molecule has 2 N–H and O–H groups in total. The maximum absolute atomic E-state index is 13.1. The van der Waals surface area contributed by atoms with Gasteiger partial charge in [0.1, 0.15) is 0 Å². The van der Waals surface area contributed by atoms with Gasteiger partial charge in [-0.05, 0) is 38.1 Å². The number of carbonyl (C=O) groups excluding carboxylic acids is 2. The van der Waals surface area contributed by atoms with Crippen molar-refractivity contribution in [2.75, 3.05) is 32.0 Å². The summed E-state index contributed by atoms with van der Waals surface area (Å²) in [5.41, 5.74) is 1.59. The summed E-state index contributed by atoms with van der Waals surface area (Å²) in [6.07, 6.45) is 0. The van der Waals surface area contributed by atoms with E-state index in [0.717, 1.165) is 10.5 Å². The number of halogens is 1. The molecule has 6 heteroatoms. The van der Waals surface area contributed by atoms with E-state index in [0.29, 0.717) is 23.8 Å². The molecule has 0 saturated carbocycles. The van der Waals surface area contributed by atoms with Crippen LogP contribution in [0, 0.1) is 0 Å². The van der Waals surface area contributed by atoms with Crippen LogP contribution >= 0.6 is 11.6 Å². The first-order valence-electron chi connectivity index (χ1n) is 9.17. The molecule has 2 amide bonds. The molecule has 2 aromatic carbocycles. The Balaban J connectivity index is 2.15. The molecule has 0 aliphatic rings. The van der Waals surface area contributed by atoms with Crippen LogP contribution in [-0.2, 0) is 9.59 Å². The van der Waals surface area contributed by atoms with Gasteiger partial charge in [0.25, 0.3) is 11.8 Å². The molecule has 0 aliphatic heterocycles. The van der Waals surface area contributed by atoms with Gasteiger partial charge in [-0.15, -0.1) is 0 Å². The van der Waals surface area contributed by atoms with E-state index in [4.69, 9.17) is 11.6 Å². The van der Waals surface area contributed by atoms with E-state index in [1.807, 2.05) is 51.2 Å². The minimum atomic E-state index is -0.429. The molecule has 27 heavy (non-hydrogen) atoms. The number of amides is 2. The Morgan fingerprint density at radius 1 is 1.04 bits per heavy atom. The Morgan fingerprint density at radius 3 is 2.19 bits per heavy atom. The van der Waals surface area contributed by atoms with E-state index < -0.39 is 6.04 Å². The van der Waals surface area contributed by atoms with Gasteiger partial charge in [-0.1, -0.05) is 41.9 Å². The summed E-state index contributed by atoms with van der Waals surface area (Å²) in [5.74, 6) is -0.119. The van der Waals surface area contributed by atoms with Crippen LogP contribution in [0.15, 0.2) is 54.6 Å². The average molecular weight is 389 g/mol. The van der Waals surface area contributed by atoms with Crippen LogP contribution in [0.3, 0.4) is 0 Å². The predicted molar refractivity (Wildman–Crippen MR) is 109 cm³/mol. The van der Waals surface area contributed by atoms with Gasteiger partial charge in [-0.25, -0.2) is 0 Å². The Labute approximate surface area is 165 Å². The smallest absolute Gasteiger partial charge is 0.285 e. The van der Waals surface area contributed by atoms with Crippen molar-refractivity contribution in [1.29, 1.82) is 0 Å². The van der Waals surface area contributed by atoms with Crippen LogP contribution in [-0.4, -0.2) is 43.4 Å². The van der Waals surface area contributed by atoms with E-state index in [1.165, 1.54) is 0 Å². The van der Waals surface area contributed by atoms with Crippen molar-refractivity contribution in [3.8, 4) is 0 Å². The van der Waals surface area contributed by atoms with E-state index in [9.17, 15) is 9.59 Å². The van der Waals surface area contributed by atoms with Crippen molar-refractivity contribution in [1.82, 2.24) is 4.90 Å². The molecule has 2 aromatic rings. The summed E-state index contributed by atoms with van der Waals surface area (Å²) >= 11 is 5.87. The molecule has 0 spiro atoms. The minimum absolute atomic E-state index is 0.0305. The lowest BCUT2D eigenvalue weighted by atomic mass is 10.0. The molecule has 0 heterocycles. The summed E-state index contributed by atoms with van der Waals surface area (Å²) in [4.78, 5) is 28.2. The van der Waals surface area contributed by atoms with E-state index in [2.05, 4.69) is 5.32 Å². The summed E-state index contributed by atoms with van der Waals surface area (Å²) in [6, 6.07) is 16.2. The standard InChI is InChI=1S/C21H26ClN3O2/c1-4-25(5-2)21(27)20(16-9-7-6-8-10-16)24(3)15-19(26)23-18-13-11-17(22)12-14-18/h6-14,20H,4-5,15H2,1-3H3,(H,23,26)/p+1/t20-/m0/s1. The lowest BCUT2D eigenvalue weighted by Gasteiger charge is -2.29. The van der Waals surface area contributed by atoms with E-state index >= 15 is 0 Å². The van der Waals surface area contributed by atoms with Gasteiger partial charge >= 0.3 is 0 Å². The van der Waals surface area contributed by atoms with Gasteiger partial charge in [0.05, 0.1) is 7.05 Å². The molecular formula is C21H27ClN3O2+. The number of nitrogens with zero attached hydrogens (tertiary/aromatic N) is 1. The first-order chi connectivity index (χ1) is 13.0. The zero-order valence-corrected chi connectivity index (χ0v) is 16.8. The highest BCUT2D eigenvalue weighted by molar-refractivity contribution is 6.30. The number of hydrogen-bond acceptors (Lipinski definition) is 2. The number of hydrogen-bond donors (Lipinski definition) is 2. The highest BCUT2D eigenvalue weighted by atomic mass is 35.5. The number of carbonyl (C=O) groups is 2. The molecule has 0 aromatic heterocycles. The SMILES string of the molecule is CCN(CC)C(=O)[C@H](c1ccccc1)[NH+](C)CC(=O)Nc1ccc(Cl)cc1. The number of quaternary nitrogens is 1.